The molecule has 1 aromatic carbocycles. The minimum Gasteiger partial charge on any atom is -0.464 e. The van der Waals surface area contributed by atoms with E-state index in [-0.39, 0.29) is 12.6 Å². The summed E-state index contributed by atoms with van der Waals surface area (Å²) in [5, 5.41) is 3.75. The number of carbonyl (C=O) groups excluding carboxylic acids is 1. The van der Waals surface area contributed by atoms with Gasteiger partial charge in [0, 0.05) is 11.0 Å². The number of hydrogen-bond acceptors (Lipinski definition) is 4. The van der Waals surface area contributed by atoms with Crippen LogP contribution in [0.15, 0.2) is 22.7 Å². The monoisotopic (exact) mass is 335 g/mol. The van der Waals surface area contributed by atoms with E-state index in [0.29, 0.717) is 24.8 Å². The lowest BCUT2D eigenvalue weighted by Crippen LogP contribution is -2.16. The molecule has 0 atom stereocenters. The van der Waals surface area contributed by atoms with E-state index in [1.807, 2.05) is 18.2 Å². The Labute approximate surface area is 120 Å². The van der Waals surface area contributed by atoms with Crippen LogP contribution in [0, 0.1) is 0 Å². The van der Waals surface area contributed by atoms with Gasteiger partial charge in [0.2, 0.25) is 0 Å². The molecule has 0 bridgehead atoms. The summed E-state index contributed by atoms with van der Waals surface area (Å²) in [6.07, 6.45) is 0. The molecule has 0 heterocycles. The zero-order chi connectivity index (χ0) is 13.4. The highest BCUT2D eigenvalue weighted by molar-refractivity contribution is 9.10. The molecule has 0 saturated heterocycles. The van der Waals surface area contributed by atoms with Crippen molar-refractivity contribution in [3.63, 3.8) is 0 Å². The van der Waals surface area contributed by atoms with Gasteiger partial charge in [-0.05, 0) is 25.1 Å². The number of carbonyl (C=O) groups is 1. The minimum absolute atomic E-state index is 0.0242. The summed E-state index contributed by atoms with van der Waals surface area (Å²) in [6, 6.07) is 5.58. The van der Waals surface area contributed by atoms with Gasteiger partial charge in [0.15, 0.2) is 0 Å². The molecule has 4 nitrogen and oxygen atoms in total. The standard InChI is InChI=1S/C12H15BrClNO3/c1-2-18-12(16)8-17-6-5-15-11-4-3-9(13)7-10(11)14/h3-4,7,15H,2,5-6,8H2,1H3. The number of rotatable bonds is 7. The third-order valence-electron chi connectivity index (χ3n) is 2.02. The normalized spacial score (nSPS) is 10.2. The van der Waals surface area contributed by atoms with Gasteiger partial charge in [0.05, 0.1) is 23.9 Å². The van der Waals surface area contributed by atoms with Crippen molar-refractivity contribution in [2.75, 3.05) is 31.7 Å². The van der Waals surface area contributed by atoms with Crippen LogP contribution >= 0.6 is 27.5 Å². The molecule has 100 valence electrons. The van der Waals surface area contributed by atoms with Crippen molar-refractivity contribution < 1.29 is 14.3 Å². The van der Waals surface area contributed by atoms with Crippen LogP contribution in [0.25, 0.3) is 0 Å². The van der Waals surface area contributed by atoms with E-state index in [4.69, 9.17) is 21.1 Å². The van der Waals surface area contributed by atoms with Crippen molar-refractivity contribution in [2.24, 2.45) is 0 Å². The number of nitrogens with one attached hydrogen (secondary N) is 1. The molecule has 1 aromatic rings. The zero-order valence-electron chi connectivity index (χ0n) is 10.0. The van der Waals surface area contributed by atoms with E-state index in [1.165, 1.54) is 0 Å². The lowest BCUT2D eigenvalue weighted by Gasteiger charge is -2.09. The third kappa shape index (κ3) is 5.71. The summed E-state index contributed by atoms with van der Waals surface area (Å²) in [5.74, 6) is -0.348. The molecule has 0 saturated carbocycles. The second-order valence-electron chi connectivity index (χ2n) is 3.41. The molecule has 0 radical (unpaired) electrons. The fraction of sp³-hybridized carbons (Fsp3) is 0.417. The van der Waals surface area contributed by atoms with Crippen LogP contribution in [0.5, 0.6) is 0 Å². The summed E-state index contributed by atoms with van der Waals surface area (Å²) in [5.41, 5.74) is 0.833. The Morgan fingerprint density at radius 1 is 1.50 bits per heavy atom. The highest BCUT2D eigenvalue weighted by atomic mass is 79.9. The molecular weight excluding hydrogens is 321 g/mol. The Morgan fingerprint density at radius 3 is 2.94 bits per heavy atom. The van der Waals surface area contributed by atoms with Gasteiger partial charge in [-0.25, -0.2) is 4.79 Å². The van der Waals surface area contributed by atoms with E-state index >= 15 is 0 Å². The zero-order valence-corrected chi connectivity index (χ0v) is 12.4. The number of ether oxygens (including phenoxy) is 2. The summed E-state index contributed by atoms with van der Waals surface area (Å²) < 4.78 is 10.8. The molecule has 0 aromatic heterocycles. The Morgan fingerprint density at radius 2 is 2.28 bits per heavy atom. The first kappa shape index (κ1) is 15.3. The van der Waals surface area contributed by atoms with Gasteiger partial charge in [0.1, 0.15) is 6.61 Å². The van der Waals surface area contributed by atoms with Crippen LogP contribution < -0.4 is 5.32 Å². The van der Waals surface area contributed by atoms with E-state index in [9.17, 15) is 4.79 Å². The van der Waals surface area contributed by atoms with Gasteiger partial charge in [0.25, 0.3) is 0 Å². The first-order valence-corrected chi connectivity index (χ1v) is 6.73. The number of benzene rings is 1. The van der Waals surface area contributed by atoms with E-state index in [0.717, 1.165) is 10.2 Å². The second-order valence-corrected chi connectivity index (χ2v) is 4.73. The molecule has 0 aliphatic heterocycles. The predicted octanol–water partition coefficient (Wildman–Crippen LogP) is 3.09. The van der Waals surface area contributed by atoms with Crippen LogP contribution in [0.3, 0.4) is 0 Å². The number of halogens is 2. The van der Waals surface area contributed by atoms with Crippen LogP contribution in [-0.4, -0.2) is 32.3 Å². The molecule has 6 heteroatoms. The number of anilines is 1. The van der Waals surface area contributed by atoms with Crippen LogP contribution in [0.2, 0.25) is 5.02 Å². The highest BCUT2D eigenvalue weighted by Gasteiger charge is 2.02. The molecular formula is C12H15BrClNO3. The maximum absolute atomic E-state index is 11.0. The second kappa shape index (κ2) is 8.34. The fourth-order valence-corrected chi connectivity index (χ4v) is 1.99. The Hall–Kier alpha value is -0.780. The van der Waals surface area contributed by atoms with Crippen molar-refractivity contribution in [1.29, 1.82) is 0 Å². The van der Waals surface area contributed by atoms with Crippen molar-refractivity contribution >= 4 is 39.2 Å². The number of esters is 1. The smallest absolute Gasteiger partial charge is 0.332 e. The summed E-state index contributed by atoms with van der Waals surface area (Å²) in [6.45, 7) is 3.08. The Balaban J connectivity index is 2.20. The molecule has 0 spiro atoms. The third-order valence-corrected chi connectivity index (χ3v) is 2.82. The van der Waals surface area contributed by atoms with Gasteiger partial charge < -0.3 is 14.8 Å². The van der Waals surface area contributed by atoms with E-state index < -0.39 is 0 Å². The average molecular weight is 337 g/mol. The van der Waals surface area contributed by atoms with Gasteiger partial charge >= 0.3 is 5.97 Å². The molecule has 1 rings (SSSR count). The van der Waals surface area contributed by atoms with Gasteiger partial charge in [-0.2, -0.15) is 0 Å². The Bertz CT molecular complexity index is 401. The molecule has 0 amide bonds. The van der Waals surface area contributed by atoms with Crippen LogP contribution in [0.1, 0.15) is 6.92 Å². The topological polar surface area (TPSA) is 47.6 Å². The molecule has 0 aliphatic rings. The Kier molecular flexibility index (Phi) is 7.08. The van der Waals surface area contributed by atoms with Crippen molar-refractivity contribution in [3.8, 4) is 0 Å². The lowest BCUT2D eigenvalue weighted by atomic mass is 10.3. The lowest BCUT2D eigenvalue weighted by molar-refractivity contribution is -0.148. The van der Waals surface area contributed by atoms with Gasteiger partial charge in [-0.15, -0.1) is 0 Å². The van der Waals surface area contributed by atoms with Crippen LogP contribution in [-0.2, 0) is 14.3 Å². The predicted molar refractivity (Wildman–Crippen MR) is 75.1 cm³/mol. The largest absolute Gasteiger partial charge is 0.464 e. The van der Waals surface area contributed by atoms with Crippen molar-refractivity contribution in [3.05, 3.63) is 27.7 Å². The highest BCUT2D eigenvalue weighted by Crippen LogP contribution is 2.25. The summed E-state index contributed by atoms with van der Waals surface area (Å²) >= 11 is 9.36. The molecule has 0 fully saturated rings. The number of hydrogen-bond donors (Lipinski definition) is 1. The average Bonchev–Trinajstić information content (AvgIpc) is 2.31. The molecule has 0 unspecified atom stereocenters. The quantitative estimate of drug-likeness (QED) is 0.614. The van der Waals surface area contributed by atoms with E-state index in [1.54, 1.807) is 6.92 Å². The van der Waals surface area contributed by atoms with Crippen molar-refractivity contribution in [2.45, 2.75) is 6.92 Å². The molecule has 0 aliphatic carbocycles. The fourth-order valence-electron chi connectivity index (χ4n) is 1.25. The minimum atomic E-state index is -0.348. The van der Waals surface area contributed by atoms with Gasteiger partial charge in [-0.3, -0.25) is 0 Å². The first-order valence-electron chi connectivity index (χ1n) is 5.55. The first-order chi connectivity index (χ1) is 8.63. The molecule has 18 heavy (non-hydrogen) atoms. The maximum atomic E-state index is 11.0. The maximum Gasteiger partial charge on any atom is 0.332 e. The van der Waals surface area contributed by atoms with Crippen molar-refractivity contribution in [1.82, 2.24) is 0 Å². The van der Waals surface area contributed by atoms with Gasteiger partial charge in [-0.1, -0.05) is 27.5 Å². The van der Waals surface area contributed by atoms with E-state index in [2.05, 4.69) is 21.2 Å². The van der Waals surface area contributed by atoms with Crippen LogP contribution in [0.4, 0.5) is 5.69 Å². The molecule has 1 N–H and O–H groups in total. The summed E-state index contributed by atoms with van der Waals surface area (Å²) in [4.78, 5) is 11.0. The summed E-state index contributed by atoms with van der Waals surface area (Å²) in [7, 11) is 0. The SMILES string of the molecule is CCOC(=O)COCCNc1ccc(Br)cc1Cl.